The molecule has 0 aromatic rings. The standard InChI is InChI=1S/C63H125NO5/c1-3-5-7-9-11-13-14-15-16-17-24-28-31-34-37-41-45-49-53-57-63(68)69-58-54-50-46-42-38-35-32-29-26-23-21-19-18-20-22-25-27-30-33-36-40-44-48-52-56-62(67)64-60(59-65)61(66)55-51-47-43-39-12-10-8-6-4-2/h60-61,65-66H,3-59H2,1-2H3,(H,64,67). The van der Waals surface area contributed by atoms with Gasteiger partial charge in [-0.2, -0.15) is 0 Å². The molecule has 1 amide bonds. The van der Waals surface area contributed by atoms with E-state index in [0.29, 0.717) is 25.9 Å². The predicted octanol–water partition coefficient (Wildman–Crippen LogP) is 19.9. The van der Waals surface area contributed by atoms with Crippen molar-refractivity contribution in [2.45, 2.75) is 379 Å². The Balaban J connectivity index is 3.30. The van der Waals surface area contributed by atoms with Crippen LogP contribution in [-0.2, 0) is 14.3 Å². The number of carbonyl (C=O) groups excluding carboxylic acids is 2. The maximum Gasteiger partial charge on any atom is 0.305 e. The SMILES string of the molecule is CCCCCCCCCCCCCCCCCCCCCC(=O)OCCCCCCCCCCCCCCCCCCCCCCCCCCC(=O)NC(CO)C(O)CCCCCCCCCCC. The lowest BCUT2D eigenvalue weighted by Gasteiger charge is -2.22. The first kappa shape index (κ1) is 67.9. The Morgan fingerprint density at radius 3 is 0.884 bits per heavy atom. The highest BCUT2D eigenvalue weighted by Gasteiger charge is 2.20. The van der Waals surface area contributed by atoms with E-state index in [1.165, 1.54) is 295 Å². The molecule has 0 aromatic heterocycles. The lowest BCUT2D eigenvalue weighted by atomic mass is 10.0. The third-order valence-electron chi connectivity index (χ3n) is 15.2. The Hall–Kier alpha value is -1.14. The number of hydrogen-bond donors (Lipinski definition) is 3. The third kappa shape index (κ3) is 56.0. The van der Waals surface area contributed by atoms with E-state index in [1.807, 2.05) is 0 Å². The Morgan fingerprint density at radius 1 is 0.348 bits per heavy atom. The minimum absolute atomic E-state index is 0.0211. The van der Waals surface area contributed by atoms with Gasteiger partial charge < -0.3 is 20.3 Å². The van der Waals surface area contributed by atoms with Crippen LogP contribution in [0.25, 0.3) is 0 Å². The molecule has 0 rings (SSSR count). The number of nitrogens with one attached hydrogen (secondary N) is 1. The van der Waals surface area contributed by atoms with Gasteiger partial charge in [0, 0.05) is 12.8 Å². The van der Waals surface area contributed by atoms with Crippen LogP contribution in [0.3, 0.4) is 0 Å². The van der Waals surface area contributed by atoms with Crippen LogP contribution in [-0.4, -0.2) is 47.4 Å². The first-order valence-corrected chi connectivity index (χ1v) is 31.8. The molecule has 0 saturated heterocycles. The van der Waals surface area contributed by atoms with Crippen LogP contribution in [0.2, 0.25) is 0 Å². The molecule has 0 aromatic carbocycles. The monoisotopic (exact) mass is 976 g/mol. The van der Waals surface area contributed by atoms with E-state index in [9.17, 15) is 19.8 Å². The summed E-state index contributed by atoms with van der Waals surface area (Å²) in [5.74, 6) is -0.0131. The van der Waals surface area contributed by atoms with Crippen LogP contribution in [0.5, 0.6) is 0 Å². The van der Waals surface area contributed by atoms with E-state index in [2.05, 4.69) is 19.2 Å². The second-order valence-corrected chi connectivity index (χ2v) is 22.1. The molecule has 0 saturated carbocycles. The van der Waals surface area contributed by atoms with Gasteiger partial charge in [-0.05, 0) is 25.7 Å². The van der Waals surface area contributed by atoms with Crippen LogP contribution < -0.4 is 5.32 Å². The molecule has 6 heteroatoms. The molecule has 0 aliphatic rings. The number of carbonyl (C=O) groups is 2. The maximum absolute atomic E-state index is 12.4. The minimum atomic E-state index is -0.660. The maximum atomic E-state index is 12.4. The van der Waals surface area contributed by atoms with E-state index in [1.54, 1.807) is 0 Å². The number of aliphatic hydroxyl groups is 2. The predicted molar refractivity (Wildman–Crippen MR) is 301 cm³/mol. The molecule has 6 nitrogen and oxygen atoms in total. The molecule has 69 heavy (non-hydrogen) atoms. The molecule has 0 spiro atoms. The summed E-state index contributed by atoms with van der Waals surface area (Å²) < 4.78 is 5.51. The topological polar surface area (TPSA) is 95.9 Å². The molecular formula is C63H125NO5. The average Bonchev–Trinajstić information content (AvgIpc) is 3.35. The Labute approximate surface area is 432 Å². The zero-order valence-corrected chi connectivity index (χ0v) is 47.1. The molecule has 2 atom stereocenters. The lowest BCUT2D eigenvalue weighted by molar-refractivity contribution is -0.143. The summed E-state index contributed by atoms with van der Waals surface area (Å²) in [6.45, 7) is 4.97. The van der Waals surface area contributed by atoms with Gasteiger partial charge in [0.1, 0.15) is 0 Å². The second kappa shape index (κ2) is 59.4. The highest BCUT2D eigenvalue weighted by Crippen LogP contribution is 2.19. The second-order valence-electron chi connectivity index (χ2n) is 22.1. The van der Waals surface area contributed by atoms with Gasteiger partial charge in [0.25, 0.3) is 0 Å². The first-order chi connectivity index (χ1) is 34.0. The van der Waals surface area contributed by atoms with Crippen LogP contribution >= 0.6 is 0 Å². The molecular weight excluding hydrogens is 851 g/mol. The average molecular weight is 977 g/mol. The molecule has 0 aliphatic heterocycles. The number of rotatable bonds is 60. The van der Waals surface area contributed by atoms with Crippen molar-refractivity contribution in [1.29, 1.82) is 0 Å². The van der Waals surface area contributed by atoms with E-state index in [4.69, 9.17) is 4.74 Å². The van der Waals surface area contributed by atoms with E-state index >= 15 is 0 Å². The smallest absolute Gasteiger partial charge is 0.305 e. The minimum Gasteiger partial charge on any atom is -0.466 e. The van der Waals surface area contributed by atoms with Crippen LogP contribution in [0.1, 0.15) is 367 Å². The summed E-state index contributed by atoms with van der Waals surface area (Å²) in [7, 11) is 0. The normalized spacial score (nSPS) is 12.5. The highest BCUT2D eigenvalue weighted by molar-refractivity contribution is 5.76. The largest absolute Gasteiger partial charge is 0.466 e. The summed E-state index contributed by atoms with van der Waals surface area (Å²) in [6.07, 6.45) is 69.9. The van der Waals surface area contributed by atoms with Gasteiger partial charge in [-0.1, -0.05) is 328 Å². The number of aliphatic hydroxyl groups excluding tert-OH is 2. The fourth-order valence-corrected chi connectivity index (χ4v) is 10.3. The molecule has 0 fully saturated rings. The van der Waals surface area contributed by atoms with E-state index in [0.717, 1.165) is 38.5 Å². The van der Waals surface area contributed by atoms with Crippen molar-refractivity contribution in [3.05, 3.63) is 0 Å². The molecule has 412 valence electrons. The number of ether oxygens (including phenoxy) is 1. The number of amides is 1. The zero-order valence-electron chi connectivity index (χ0n) is 47.1. The highest BCUT2D eigenvalue weighted by atomic mass is 16.5. The number of hydrogen-bond acceptors (Lipinski definition) is 5. The molecule has 0 aliphatic carbocycles. The summed E-state index contributed by atoms with van der Waals surface area (Å²) in [4.78, 5) is 24.5. The van der Waals surface area contributed by atoms with Crippen molar-refractivity contribution in [2.75, 3.05) is 13.2 Å². The summed E-state index contributed by atoms with van der Waals surface area (Å²) in [6, 6.07) is -0.537. The Kier molecular flexibility index (Phi) is 58.4. The molecule has 2 unspecified atom stereocenters. The number of esters is 1. The molecule has 3 N–H and O–H groups in total. The first-order valence-electron chi connectivity index (χ1n) is 31.8. The third-order valence-corrected chi connectivity index (χ3v) is 15.2. The fourth-order valence-electron chi connectivity index (χ4n) is 10.3. The van der Waals surface area contributed by atoms with Crippen LogP contribution in [0.15, 0.2) is 0 Å². The summed E-state index contributed by atoms with van der Waals surface area (Å²) in [5.41, 5.74) is 0. The van der Waals surface area contributed by atoms with Crippen molar-refractivity contribution >= 4 is 11.9 Å². The van der Waals surface area contributed by atoms with Gasteiger partial charge in [-0.25, -0.2) is 0 Å². The van der Waals surface area contributed by atoms with Crippen LogP contribution in [0, 0.1) is 0 Å². The van der Waals surface area contributed by atoms with Gasteiger partial charge in [0.05, 0.1) is 25.4 Å². The van der Waals surface area contributed by atoms with E-state index in [-0.39, 0.29) is 18.5 Å². The fraction of sp³-hybridized carbons (Fsp3) is 0.968. The van der Waals surface area contributed by atoms with Gasteiger partial charge in [0.15, 0.2) is 0 Å². The van der Waals surface area contributed by atoms with Crippen molar-refractivity contribution in [2.24, 2.45) is 0 Å². The molecule has 0 radical (unpaired) electrons. The van der Waals surface area contributed by atoms with Crippen molar-refractivity contribution in [3.63, 3.8) is 0 Å². The van der Waals surface area contributed by atoms with Gasteiger partial charge in [-0.3, -0.25) is 9.59 Å². The summed E-state index contributed by atoms with van der Waals surface area (Å²) >= 11 is 0. The van der Waals surface area contributed by atoms with E-state index < -0.39 is 12.1 Å². The van der Waals surface area contributed by atoms with Gasteiger partial charge in [0.2, 0.25) is 5.91 Å². The van der Waals surface area contributed by atoms with Gasteiger partial charge in [-0.15, -0.1) is 0 Å². The molecule has 0 heterocycles. The van der Waals surface area contributed by atoms with Crippen LogP contribution in [0.4, 0.5) is 0 Å². The van der Waals surface area contributed by atoms with Gasteiger partial charge >= 0.3 is 5.97 Å². The summed E-state index contributed by atoms with van der Waals surface area (Å²) in [5, 5.41) is 23.1. The number of unbranched alkanes of at least 4 members (excludes halogenated alkanes) is 49. The Morgan fingerprint density at radius 2 is 0.594 bits per heavy atom. The van der Waals surface area contributed by atoms with Crippen molar-refractivity contribution < 1.29 is 24.5 Å². The Bertz CT molecular complexity index is 990. The van der Waals surface area contributed by atoms with Crippen molar-refractivity contribution in [1.82, 2.24) is 5.32 Å². The zero-order chi connectivity index (χ0) is 50.0. The van der Waals surface area contributed by atoms with Crippen molar-refractivity contribution in [3.8, 4) is 0 Å². The quantitative estimate of drug-likeness (QED) is 0.0417. The molecule has 0 bridgehead atoms. The lowest BCUT2D eigenvalue weighted by Crippen LogP contribution is -2.45.